The van der Waals surface area contributed by atoms with Gasteiger partial charge in [-0.15, -0.1) is 0 Å². The summed E-state index contributed by atoms with van der Waals surface area (Å²) in [6.07, 6.45) is 4.12. The molecule has 1 aromatic rings. The van der Waals surface area contributed by atoms with Gasteiger partial charge in [-0.25, -0.2) is 9.59 Å². The van der Waals surface area contributed by atoms with E-state index in [1.54, 1.807) is 0 Å². The van der Waals surface area contributed by atoms with Gasteiger partial charge in [-0.1, -0.05) is 6.07 Å². The quantitative estimate of drug-likeness (QED) is 0.778. The number of allylic oxidation sites excluding steroid dienone is 3. The summed E-state index contributed by atoms with van der Waals surface area (Å²) in [5, 5.41) is 19.3. The molecule has 5 heteroatoms. The summed E-state index contributed by atoms with van der Waals surface area (Å²) in [5.41, 5.74) is 1.01. The fourth-order valence-electron chi connectivity index (χ4n) is 2.46. The second-order valence-electron chi connectivity index (χ2n) is 4.45. The van der Waals surface area contributed by atoms with Crippen LogP contribution in [-0.2, 0) is 9.59 Å². The number of carboxylic acid groups (broad SMARTS) is 2. The molecule has 5 nitrogen and oxygen atoms in total. The van der Waals surface area contributed by atoms with Crippen molar-refractivity contribution >= 4 is 28.9 Å². The summed E-state index contributed by atoms with van der Waals surface area (Å²) >= 11 is 0. The molecule has 2 aliphatic rings. The summed E-state index contributed by atoms with van der Waals surface area (Å²) in [4.78, 5) is 33.8. The van der Waals surface area contributed by atoms with E-state index in [0.29, 0.717) is 21.6 Å². The number of rotatable bonds is 2. The third-order valence-electron chi connectivity index (χ3n) is 3.30. The second kappa shape index (κ2) is 4.03. The topological polar surface area (TPSA) is 91.7 Å². The first kappa shape index (κ1) is 12.1. The molecule has 0 spiro atoms. The van der Waals surface area contributed by atoms with Crippen molar-refractivity contribution in [3.8, 4) is 0 Å². The average Bonchev–Trinajstić information content (AvgIpc) is 2.70. The van der Waals surface area contributed by atoms with E-state index < -0.39 is 11.9 Å². The van der Waals surface area contributed by atoms with Crippen LogP contribution in [-0.4, -0.2) is 27.9 Å². The minimum Gasteiger partial charge on any atom is -0.478 e. The molecule has 0 unspecified atom stereocenters. The summed E-state index contributed by atoms with van der Waals surface area (Å²) in [6, 6.07) is 4.25. The summed E-state index contributed by atoms with van der Waals surface area (Å²) < 4.78 is 0. The third kappa shape index (κ3) is 1.60. The fourth-order valence-corrected chi connectivity index (χ4v) is 2.46. The van der Waals surface area contributed by atoms with Crippen LogP contribution >= 0.6 is 0 Å². The molecule has 0 radical (unpaired) electrons. The zero-order valence-corrected chi connectivity index (χ0v) is 10.1. The highest BCUT2D eigenvalue weighted by Gasteiger charge is 2.26. The molecule has 0 saturated heterocycles. The smallest absolute Gasteiger partial charge is 0.336 e. The molecule has 0 atom stereocenters. The lowest BCUT2D eigenvalue weighted by Gasteiger charge is -2.07. The Morgan fingerprint density at radius 1 is 0.950 bits per heavy atom. The van der Waals surface area contributed by atoms with Crippen LogP contribution in [0.25, 0.3) is 11.1 Å². The lowest BCUT2D eigenvalue weighted by Crippen LogP contribution is -2.26. The number of hydrogen-bond donors (Lipinski definition) is 2. The van der Waals surface area contributed by atoms with Crippen LogP contribution in [0.3, 0.4) is 0 Å². The Morgan fingerprint density at radius 3 is 2.35 bits per heavy atom. The van der Waals surface area contributed by atoms with E-state index in [1.165, 1.54) is 36.4 Å². The van der Waals surface area contributed by atoms with E-state index in [9.17, 15) is 19.5 Å². The number of aromatic carboxylic acids is 1. The van der Waals surface area contributed by atoms with Gasteiger partial charge in [0, 0.05) is 5.57 Å². The van der Waals surface area contributed by atoms with Crippen LogP contribution in [0.5, 0.6) is 0 Å². The Balaban J connectivity index is 2.46. The molecule has 20 heavy (non-hydrogen) atoms. The molecule has 0 bridgehead atoms. The zero-order valence-electron chi connectivity index (χ0n) is 10.1. The minimum atomic E-state index is -1.14. The van der Waals surface area contributed by atoms with Crippen molar-refractivity contribution in [2.45, 2.75) is 0 Å². The van der Waals surface area contributed by atoms with E-state index in [4.69, 9.17) is 5.11 Å². The van der Waals surface area contributed by atoms with Gasteiger partial charge in [0.2, 0.25) is 0 Å². The molecule has 0 saturated carbocycles. The van der Waals surface area contributed by atoms with Gasteiger partial charge in [0.1, 0.15) is 0 Å². The molecule has 0 aromatic heterocycles. The highest BCUT2D eigenvalue weighted by molar-refractivity contribution is 6.25. The molecule has 98 valence electrons. The van der Waals surface area contributed by atoms with Crippen LogP contribution in [0.4, 0.5) is 0 Å². The number of carbonyl (C=O) groups is 3. The highest BCUT2D eigenvalue weighted by Crippen LogP contribution is 2.27. The summed E-state index contributed by atoms with van der Waals surface area (Å²) in [7, 11) is 0. The fraction of sp³-hybridized carbons (Fsp3) is 0. The third-order valence-corrected chi connectivity index (χ3v) is 3.30. The van der Waals surface area contributed by atoms with Crippen molar-refractivity contribution in [2.75, 3.05) is 0 Å². The second-order valence-corrected chi connectivity index (χ2v) is 4.45. The van der Waals surface area contributed by atoms with E-state index in [0.717, 1.165) is 0 Å². The molecular formula is C15H8O5. The number of benzene rings is 1. The summed E-state index contributed by atoms with van der Waals surface area (Å²) in [5.74, 6) is -2.51. The van der Waals surface area contributed by atoms with Crippen molar-refractivity contribution in [1.29, 1.82) is 0 Å². The Morgan fingerprint density at radius 2 is 1.70 bits per heavy atom. The van der Waals surface area contributed by atoms with E-state index in [2.05, 4.69) is 0 Å². The first-order valence-corrected chi connectivity index (χ1v) is 5.79. The molecule has 0 heterocycles. The maximum absolute atomic E-state index is 11.4. The standard InChI is InChI=1S/C15H8O5/c16-8-2-4-9-11-5-7(14(17)18)1-3-10(11)13(15(19)20)12(9)6-8/h1-6H,(H,17,18)(H,19,20). The number of ketones is 1. The molecule has 3 rings (SSSR count). The van der Waals surface area contributed by atoms with Gasteiger partial charge < -0.3 is 10.2 Å². The Kier molecular flexibility index (Phi) is 2.44. The first-order chi connectivity index (χ1) is 9.49. The van der Waals surface area contributed by atoms with Gasteiger partial charge in [0.15, 0.2) is 5.78 Å². The van der Waals surface area contributed by atoms with E-state index in [-0.39, 0.29) is 16.9 Å². The van der Waals surface area contributed by atoms with Gasteiger partial charge in [0.05, 0.1) is 11.1 Å². The number of aliphatic carboxylic acids is 1. The largest absolute Gasteiger partial charge is 0.478 e. The van der Waals surface area contributed by atoms with Gasteiger partial charge >= 0.3 is 11.9 Å². The molecular weight excluding hydrogens is 260 g/mol. The van der Waals surface area contributed by atoms with Crippen LogP contribution in [0.1, 0.15) is 10.4 Å². The molecule has 0 aliphatic heterocycles. The highest BCUT2D eigenvalue weighted by atomic mass is 16.4. The number of carboxylic acids is 2. The Bertz CT molecular complexity index is 868. The van der Waals surface area contributed by atoms with Gasteiger partial charge in [-0.05, 0) is 46.4 Å². The number of carbonyl (C=O) groups excluding carboxylic acids is 1. The lowest BCUT2D eigenvalue weighted by atomic mass is 9.96. The van der Waals surface area contributed by atoms with Crippen LogP contribution in [0, 0.1) is 0 Å². The zero-order chi connectivity index (χ0) is 14.4. The Hall–Kier alpha value is -2.95. The van der Waals surface area contributed by atoms with Crippen LogP contribution in [0.15, 0.2) is 42.0 Å². The summed E-state index contributed by atoms with van der Waals surface area (Å²) in [6.45, 7) is 0. The van der Waals surface area contributed by atoms with Crippen molar-refractivity contribution in [3.63, 3.8) is 0 Å². The normalized spacial score (nSPS) is 15.8. The van der Waals surface area contributed by atoms with Crippen molar-refractivity contribution in [1.82, 2.24) is 0 Å². The number of hydrogen-bond acceptors (Lipinski definition) is 3. The SMILES string of the molecule is O=C1C=CC2=c3cc(C(=O)O)ccc3=C(C(=O)O)C2=C1. The van der Waals surface area contributed by atoms with Gasteiger partial charge in [0.25, 0.3) is 0 Å². The molecule has 2 aliphatic carbocycles. The Labute approximate surface area is 112 Å². The van der Waals surface area contributed by atoms with Crippen molar-refractivity contribution in [2.24, 2.45) is 0 Å². The maximum Gasteiger partial charge on any atom is 0.336 e. The lowest BCUT2D eigenvalue weighted by molar-refractivity contribution is -0.130. The minimum absolute atomic E-state index is 0.0321. The predicted molar refractivity (Wildman–Crippen MR) is 69.3 cm³/mol. The number of fused-ring (bicyclic) bond motifs is 2. The van der Waals surface area contributed by atoms with Crippen LogP contribution < -0.4 is 10.4 Å². The van der Waals surface area contributed by atoms with Crippen LogP contribution in [0.2, 0.25) is 0 Å². The molecule has 1 aromatic carbocycles. The average molecular weight is 268 g/mol. The van der Waals surface area contributed by atoms with Crippen molar-refractivity contribution < 1.29 is 24.6 Å². The first-order valence-electron chi connectivity index (χ1n) is 5.79. The molecule has 0 fully saturated rings. The maximum atomic E-state index is 11.4. The van der Waals surface area contributed by atoms with E-state index >= 15 is 0 Å². The monoisotopic (exact) mass is 268 g/mol. The van der Waals surface area contributed by atoms with E-state index in [1.807, 2.05) is 0 Å². The molecule has 2 N–H and O–H groups in total. The van der Waals surface area contributed by atoms with Crippen molar-refractivity contribution in [3.05, 3.63) is 58.0 Å². The predicted octanol–water partition coefficient (Wildman–Crippen LogP) is -0.150. The van der Waals surface area contributed by atoms with Gasteiger partial charge in [-0.2, -0.15) is 0 Å². The molecule has 0 amide bonds. The van der Waals surface area contributed by atoms with Gasteiger partial charge in [-0.3, -0.25) is 4.79 Å².